The zero-order valence-electron chi connectivity index (χ0n) is 19.9. The number of carbonyl (C=O) groups is 2. The van der Waals surface area contributed by atoms with Crippen LogP contribution in [-0.4, -0.2) is 18.5 Å². The van der Waals surface area contributed by atoms with Crippen molar-refractivity contribution in [2.75, 3.05) is 6.61 Å². The van der Waals surface area contributed by atoms with Crippen molar-refractivity contribution in [1.82, 2.24) is 0 Å². The lowest BCUT2D eigenvalue weighted by atomic mass is 9.94. The van der Waals surface area contributed by atoms with Crippen LogP contribution in [-0.2, 0) is 9.59 Å². The molecule has 5 nitrogen and oxygen atoms in total. The molecule has 0 N–H and O–H groups in total. The summed E-state index contributed by atoms with van der Waals surface area (Å²) >= 11 is 0. The Morgan fingerprint density at radius 2 is 1.12 bits per heavy atom. The molecule has 0 spiro atoms. The van der Waals surface area contributed by atoms with Crippen LogP contribution < -0.4 is 14.2 Å². The summed E-state index contributed by atoms with van der Waals surface area (Å²) in [5.74, 6) is 0.715. The van der Waals surface area contributed by atoms with Crippen molar-refractivity contribution in [2.24, 2.45) is 0 Å². The highest BCUT2D eigenvalue weighted by atomic mass is 16.5. The molecule has 3 rings (SSSR count). The summed E-state index contributed by atoms with van der Waals surface area (Å²) in [5, 5.41) is 0. The SMILES string of the molecule is C=C(C)C(=O)Oc1ccc(-c2cc(C)cc(-c3ccc(OC(=O)C(=C)C)cc3)c2OCC)cc1. The zero-order chi connectivity index (χ0) is 24.8. The van der Waals surface area contributed by atoms with Gasteiger partial charge in [0.1, 0.15) is 17.2 Å². The summed E-state index contributed by atoms with van der Waals surface area (Å²) in [6.07, 6.45) is 0. The van der Waals surface area contributed by atoms with E-state index in [4.69, 9.17) is 14.2 Å². The van der Waals surface area contributed by atoms with Gasteiger partial charge in [-0.2, -0.15) is 0 Å². The normalized spacial score (nSPS) is 10.4. The van der Waals surface area contributed by atoms with Gasteiger partial charge in [-0.1, -0.05) is 37.4 Å². The highest BCUT2D eigenvalue weighted by Gasteiger charge is 2.16. The van der Waals surface area contributed by atoms with Crippen LogP contribution >= 0.6 is 0 Å². The topological polar surface area (TPSA) is 61.8 Å². The standard InChI is InChI=1S/C29H28O5/c1-7-32-27-25(21-8-12-23(13-9-21)33-28(30)18(2)3)16-20(6)17-26(27)22-10-14-24(15-11-22)34-29(31)19(4)5/h8-17H,2,4,7H2,1,3,5-6H3. The Kier molecular flexibility index (Phi) is 7.69. The Labute approximate surface area is 200 Å². The lowest BCUT2D eigenvalue weighted by Gasteiger charge is -2.17. The van der Waals surface area contributed by atoms with Gasteiger partial charge < -0.3 is 14.2 Å². The van der Waals surface area contributed by atoms with E-state index < -0.39 is 11.9 Å². The van der Waals surface area contributed by atoms with E-state index in [9.17, 15) is 9.59 Å². The molecule has 0 unspecified atom stereocenters. The minimum absolute atomic E-state index is 0.339. The molecule has 34 heavy (non-hydrogen) atoms. The van der Waals surface area contributed by atoms with Crippen molar-refractivity contribution in [2.45, 2.75) is 27.7 Å². The molecule has 0 aliphatic heterocycles. The summed E-state index contributed by atoms with van der Waals surface area (Å²) in [5.41, 5.74) is 5.44. The second kappa shape index (κ2) is 10.7. The molecule has 0 saturated heterocycles. The number of hydrogen-bond acceptors (Lipinski definition) is 5. The Bertz CT molecular complexity index is 1140. The third-order valence-corrected chi connectivity index (χ3v) is 4.97. The quantitative estimate of drug-likeness (QED) is 0.215. The molecule has 0 aliphatic rings. The summed E-state index contributed by atoms with van der Waals surface area (Å²) in [6.45, 7) is 14.9. The average Bonchev–Trinajstić information content (AvgIpc) is 2.81. The molecule has 0 aromatic heterocycles. The minimum atomic E-state index is -0.460. The van der Waals surface area contributed by atoms with Gasteiger partial charge in [0, 0.05) is 22.3 Å². The van der Waals surface area contributed by atoms with Gasteiger partial charge in [-0.15, -0.1) is 0 Å². The van der Waals surface area contributed by atoms with Gasteiger partial charge in [-0.3, -0.25) is 0 Å². The number of benzene rings is 3. The number of rotatable bonds is 8. The minimum Gasteiger partial charge on any atom is -0.493 e. The van der Waals surface area contributed by atoms with E-state index in [1.807, 2.05) is 38.1 Å². The van der Waals surface area contributed by atoms with Crippen molar-refractivity contribution in [3.8, 4) is 39.5 Å². The summed E-state index contributed by atoms with van der Waals surface area (Å²) in [6, 6.07) is 18.7. The molecule has 0 atom stereocenters. The van der Waals surface area contributed by atoms with E-state index in [0.29, 0.717) is 29.3 Å². The monoisotopic (exact) mass is 456 g/mol. The van der Waals surface area contributed by atoms with Crippen molar-refractivity contribution < 1.29 is 23.8 Å². The average molecular weight is 457 g/mol. The van der Waals surface area contributed by atoms with Crippen LogP contribution in [0.25, 0.3) is 22.3 Å². The second-order valence-corrected chi connectivity index (χ2v) is 8.01. The Balaban J connectivity index is 1.99. The first-order valence-electron chi connectivity index (χ1n) is 10.9. The van der Waals surface area contributed by atoms with Gasteiger partial charge >= 0.3 is 11.9 Å². The molecule has 5 heteroatoms. The molecule has 3 aromatic rings. The molecular weight excluding hydrogens is 428 g/mol. The van der Waals surface area contributed by atoms with Crippen molar-refractivity contribution in [1.29, 1.82) is 0 Å². The second-order valence-electron chi connectivity index (χ2n) is 8.01. The predicted octanol–water partition coefficient (Wildman–Crippen LogP) is 6.69. The van der Waals surface area contributed by atoms with E-state index in [1.54, 1.807) is 38.1 Å². The highest BCUT2D eigenvalue weighted by molar-refractivity contribution is 5.90. The van der Waals surface area contributed by atoms with E-state index in [-0.39, 0.29) is 0 Å². The van der Waals surface area contributed by atoms with Crippen LogP contribution in [0.4, 0.5) is 0 Å². The van der Waals surface area contributed by atoms with Gasteiger partial charge in [0.25, 0.3) is 0 Å². The first kappa shape index (κ1) is 24.5. The fourth-order valence-electron chi connectivity index (χ4n) is 3.30. The van der Waals surface area contributed by atoms with Crippen LogP contribution in [0.2, 0.25) is 0 Å². The molecule has 174 valence electrons. The number of ether oxygens (including phenoxy) is 3. The number of aryl methyl sites for hydroxylation is 1. The fraction of sp³-hybridized carbons (Fsp3) is 0.172. The lowest BCUT2D eigenvalue weighted by molar-refractivity contribution is -0.130. The van der Waals surface area contributed by atoms with Gasteiger partial charge in [0.15, 0.2) is 0 Å². The lowest BCUT2D eigenvalue weighted by Crippen LogP contribution is -2.08. The molecule has 0 amide bonds. The van der Waals surface area contributed by atoms with E-state index in [0.717, 1.165) is 33.6 Å². The number of carbonyl (C=O) groups excluding carboxylic acids is 2. The number of hydrogen-bond donors (Lipinski definition) is 0. The van der Waals surface area contributed by atoms with Crippen LogP contribution in [0.1, 0.15) is 26.3 Å². The first-order chi connectivity index (χ1) is 16.2. The van der Waals surface area contributed by atoms with Gasteiger partial charge in [0.05, 0.1) is 6.61 Å². The molecule has 0 fully saturated rings. The van der Waals surface area contributed by atoms with Crippen LogP contribution in [0.15, 0.2) is 85.0 Å². The molecule has 0 heterocycles. The van der Waals surface area contributed by atoms with Crippen molar-refractivity contribution >= 4 is 11.9 Å². The third-order valence-electron chi connectivity index (χ3n) is 4.97. The maximum atomic E-state index is 11.8. The largest absolute Gasteiger partial charge is 0.493 e. The van der Waals surface area contributed by atoms with Crippen molar-refractivity contribution in [3.63, 3.8) is 0 Å². The van der Waals surface area contributed by atoms with Gasteiger partial charge in [-0.25, -0.2) is 9.59 Å². The number of esters is 2. The first-order valence-corrected chi connectivity index (χ1v) is 10.9. The van der Waals surface area contributed by atoms with Crippen LogP contribution in [0.5, 0.6) is 17.2 Å². The highest BCUT2D eigenvalue weighted by Crippen LogP contribution is 2.41. The van der Waals surface area contributed by atoms with E-state index >= 15 is 0 Å². The molecule has 0 radical (unpaired) electrons. The van der Waals surface area contributed by atoms with Crippen molar-refractivity contribution in [3.05, 3.63) is 90.5 Å². The molecule has 0 bridgehead atoms. The Morgan fingerprint density at radius 1 is 0.735 bits per heavy atom. The van der Waals surface area contributed by atoms with Crippen LogP contribution in [0.3, 0.4) is 0 Å². The fourth-order valence-corrected chi connectivity index (χ4v) is 3.30. The third kappa shape index (κ3) is 5.81. The maximum absolute atomic E-state index is 11.8. The van der Waals surface area contributed by atoms with E-state index in [1.165, 1.54) is 0 Å². The smallest absolute Gasteiger partial charge is 0.338 e. The summed E-state index contributed by atoms with van der Waals surface area (Å²) in [7, 11) is 0. The van der Waals surface area contributed by atoms with E-state index in [2.05, 4.69) is 25.3 Å². The summed E-state index contributed by atoms with van der Waals surface area (Å²) < 4.78 is 16.7. The Morgan fingerprint density at radius 3 is 1.44 bits per heavy atom. The van der Waals surface area contributed by atoms with Gasteiger partial charge in [-0.05, 0) is 80.8 Å². The maximum Gasteiger partial charge on any atom is 0.338 e. The van der Waals surface area contributed by atoms with Crippen LogP contribution in [0, 0.1) is 6.92 Å². The summed E-state index contributed by atoms with van der Waals surface area (Å²) in [4.78, 5) is 23.6. The molecule has 0 saturated carbocycles. The zero-order valence-corrected chi connectivity index (χ0v) is 19.9. The molecule has 3 aromatic carbocycles. The molecule has 0 aliphatic carbocycles. The Hall–Kier alpha value is -4.12. The predicted molar refractivity (Wildman–Crippen MR) is 134 cm³/mol. The molecular formula is C29H28O5. The van der Waals surface area contributed by atoms with Gasteiger partial charge in [0.2, 0.25) is 0 Å².